The highest BCUT2D eigenvalue weighted by Crippen LogP contribution is 2.03. The number of rotatable bonds is 2. The van der Waals surface area contributed by atoms with E-state index < -0.39 is 0 Å². The zero-order chi connectivity index (χ0) is 7.23. The van der Waals surface area contributed by atoms with Crippen LogP contribution in [-0.4, -0.2) is 19.0 Å². The topological polar surface area (TPSA) is 33.6 Å². The summed E-state index contributed by atoms with van der Waals surface area (Å²) in [4.78, 5) is 9.24. The highest BCUT2D eigenvalue weighted by atomic mass is 16.6. The molecule has 0 aromatic carbocycles. The van der Waals surface area contributed by atoms with Gasteiger partial charge in [-0.15, -0.1) is 0 Å². The fourth-order valence-corrected chi connectivity index (χ4v) is 0.936. The second-order valence-electron chi connectivity index (χ2n) is 2.32. The molecule has 0 saturated heterocycles. The predicted molar refractivity (Wildman–Crippen MR) is 40.9 cm³/mol. The maximum atomic E-state index is 4.99. The molecule has 1 heterocycles. The van der Waals surface area contributed by atoms with Gasteiger partial charge in [0.15, 0.2) is 0 Å². The second-order valence-corrected chi connectivity index (χ2v) is 2.32. The van der Waals surface area contributed by atoms with E-state index in [1.807, 2.05) is 6.92 Å². The third-order valence-electron chi connectivity index (χ3n) is 1.46. The van der Waals surface area contributed by atoms with Crippen LogP contribution in [-0.2, 0) is 4.84 Å². The van der Waals surface area contributed by atoms with Crippen LogP contribution in [0.1, 0.15) is 26.2 Å². The van der Waals surface area contributed by atoms with Crippen molar-refractivity contribution < 1.29 is 4.84 Å². The number of nitrogens with zero attached hydrogens (tertiary/aromatic N) is 1. The molecule has 1 aliphatic rings. The zero-order valence-corrected chi connectivity index (χ0v) is 6.39. The van der Waals surface area contributed by atoms with Gasteiger partial charge >= 0.3 is 0 Å². The largest absolute Gasteiger partial charge is 0.275 e. The van der Waals surface area contributed by atoms with Crippen LogP contribution in [0, 0.1) is 0 Å². The van der Waals surface area contributed by atoms with Gasteiger partial charge in [0, 0.05) is 13.0 Å². The average Bonchev–Trinajstić information content (AvgIpc) is 2.03. The normalized spacial score (nSPS) is 18.3. The van der Waals surface area contributed by atoms with E-state index in [1.54, 1.807) is 0 Å². The van der Waals surface area contributed by atoms with Crippen molar-refractivity contribution in [3.8, 4) is 0 Å². The minimum absolute atomic E-state index is 0.693. The van der Waals surface area contributed by atoms with Gasteiger partial charge in [0.2, 0.25) is 0 Å². The Balaban J connectivity index is 2.18. The summed E-state index contributed by atoms with van der Waals surface area (Å²) in [5, 5.41) is 0. The van der Waals surface area contributed by atoms with E-state index in [0.717, 1.165) is 18.8 Å². The first-order valence-electron chi connectivity index (χ1n) is 3.84. The first kappa shape index (κ1) is 7.54. The van der Waals surface area contributed by atoms with Crippen LogP contribution in [0.5, 0.6) is 0 Å². The molecule has 0 fully saturated rings. The van der Waals surface area contributed by atoms with Crippen molar-refractivity contribution >= 4 is 5.84 Å². The molecule has 0 unspecified atom stereocenters. The monoisotopic (exact) mass is 142 g/mol. The molecule has 0 radical (unpaired) electrons. The van der Waals surface area contributed by atoms with Gasteiger partial charge in [0.25, 0.3) is 0 Å². The summed E-state index contributed by atoms with van der Waals surface area (Å²) in [5.41, 5.74) is 2.82. The van der Waals surface area contributed by atoms with E-state index >= 15 is 0 Å². The number of hydrogen-bond donors (Lipinski definition) is 1. The Morgan fingerprint density at radius 2 is 2.50 bits per heavy atom. The highest BCUT2D eigenvalue weighted by Gasteiger charge is 2.02. The molecule has 0 aliphatic carbocycles. The standard InChI is InChI=1S/C7H14N2O/c1-2-10-9-7-5-3-4-6-8-7/h2-6H2,1H3,(H,8,9). The van der Waals surface area contributed by atoms with Gasteiger partial charge < -0.3 is 0 Å². The third kappa shape index (κ3) is 2.35. The molecule has 1 N–H and O–H groups in total. The summed E-state index contributed by atoms with van der Waals surface area (Å²) >= 11 is 0. The van der Waals surface area contributed by atoms with E-state index in [1.165, 1.54) is 12.8 Å². The first-order chi connectivity index (χ1) is 4.93. The van der Waals surface area contributed by atoms with Gasteiger partial charge in [-0.05, 0) is 19.8 Å². The zero-order valence-electron chi connectivity index (χ0n) is 6.39. The van der Waals surface area contributed by atoms with E-state index in [0.29, 0.717) is 6.61 Å². The van der Waals surface area contributed by atoms with Crippen LogP contribution in [0.4, 0.5) is 0 Å². The number of aliphatic imine (C=N–C) groups is 1. The molecule has 0 aromatic rings. The van der Waals surface area contributed by atoms with Crippen molar-refractivity contribution in [1.82, 2.24) is 5.48 Å². The van der Waals surface area contributed by atoms with Crippen molar-refractivity contribution in [2.45, 2.75) is 26.2 Å². The van der Waals surface area contributed by atoms with Crippen molar-refractivity contribution in [2.24, 2.45) is 4.99 Å². The number of amidine groups is 1. The van der Waals surface area contributed by atoms with Crippen molar-refractivity contribution in [2.75, 3.05) is 13.2 Å². The molecule has 3 nitrogen and oxygen atoms in total. The van der Waals surface area contributed by atoms with Crippen LogP contribution < -0.4 is 5.48 Å². The molecule has 1 aliphatic heterocycles. The fraction of sp³-hybridized carbons (Fsp3) is 0.857. The summed E-state index contributed by atoms with van der Waals surface area (Å²) < 4.78 is 0. The predicted octanol–water partition coefficient (Wildman–Crippen LogP) is 1.11. The van der Waals surface area contributed by atoms with Crippen molar-refractivity contribution in [3.05, 3.63) is 0 Å². The fourth-order valence-electron chi connectivity index (χ4n) is 0.936. The van der Waals surface area contributed by atoms with Crippen LogP contribution >= 0.6 is 0 Å². The Kier molecular flexibility index (Phi) is 3.22. The van der Waals surface area contributed by atoms with Gasteiger partial charge in [-0.3, -0.25) is 15.3 Å². The van der Waals surface area contributed by atoms with E-state index in [4.69, 9.17) is 4.84 Å². The van der Waals surface area contributed by atoms with E-state index in [-0.39, 0.29) is 0 Å². The lowest BCUT2D eigenvalue weighted by Gasteiger charge is -2.12. The van der Waals surface area contributed by atoms with Crippen LogP contribution in [0.15, 0.2) is 4.99 Å². The molecule has 58 valence electrons. The molecule has 0 saturated carbocycles. The quantitative estimate of drug-likeness (QED) is 0.586. The SMILES string of the molecule is CCONC1=NCCCC1. The Morgan fingerprint density at radius 3 is 3.10 bits per heavy atom. The Morgan fingerprint density at radius 1 is 1.60 bits per heavy atom. The molecule has 3 heteroatoms. The molecule has 0 bridgehead atoms. The Labute approximate surface area is 61.4 Å². The summed E-state index contributed by atoms with van der Waals surface area (Å²) in [6.07, 6.45) is 3.50. The van der Waals surface area contributed by atoms with Crippen LogP contribution in [0.3, 0.4) is 0 Å². The lowest BCUT2D eigenvalue weighted by atomic mass is 10.2. The van der Waals surface area contributed by atoms with Crippen molar-refractivity contribution in [1.29, 1.82) is 0 Å². The number of hydroxylamine groups is 1. The van der Waals surface area contributed by atoms with E-state index in [9.17, 15) is 0 Å². The molecular formula is C7H14N2O. The molecular weight excluding hydrogens is 128 g/mol. The summed E-state index contributed by atoms with van der Waals surface area (Å²) in [6, 6.07) is 0. The maximum absolute atomic E-state index is 4.99. The molecule has 0 aromatic heterocycles. The first-order valence-corrected chi connectivity index (χ1v) is 3.84. The number of hydrogen-bond acceptors (Lipinski definition) is 3. The maximum Gasteiger partial charge on any atom is 0.120 e. The Bertz CT molecular complexity index is 123. The van der Waals surface area contributed by atoms with E-state index in [2.05, 4.69) is 10.5 Å². The minimum Gasteiger partial charge on any atom is -0.275 e. The Hall–Kier alpha value is -0.570. The van der Waals surface area contributed by atoms with Gasteiger partial charge in [-0.1, -0.05) is 0 Å². The lowest BCUT2D eigenvalue weighted by Crippen LogP contribution is -2.25. The second kappa shape index (κ2) is 4.28. The van der Waals surface area contributed by atoms with Gasteiger partial charge in [0.1, 0.15) is 5.84 Å². The van der Waals surface area contributed by atoms with Gasteiger partial charge in [-0.25, -0.2) is 0 Å². The molecule has 0 amide bonds. The van der Waals surface area contributed by atoms with Crippen LogP contribution in [0.25, 0.3) is 0 Å². The van der Waals surface area contributed by atoms with Crippen molar-refractivity contribution in [3.63, 3.8) is 0 Å². The van der Waals surface area contributed by atoms with Crippen LogP contribution in [0.2, 0.25) is 0 Å². The molecule has 0 spiro atoms. The molecule has 1 rings (SSSR count). The van der Waals surface area contributed by atoms with Gasteiger partial charge in [0.05, 0.1) is 6.61 Å². The summed E-state index contributed by atoms with van der Waals surface area (Å²) in [6.45, 7) is 3.60. The highest BCUT2D eigenvalue weighted by molar-refractivity contribution is 5.81. The van der Waals surface area contributed by atoms with Gasteiger partial charge in [-0.2, -0.15) is 0 Å². The lowest BCUT2D eigenvalue weighted by molar-refractivity contribution is 0.0945. The number of nitrogens with one attached hydrogen (secondary N) is 1. The smallest absolute Gasteiger partial charge is 0.120 e. The molecule has 0 atom stereocenters. The summed E-state index contributed by atoms with van der Waals surface area (Å²) in [7, 11) is 0. The molecule has 10 heavy (non-hydrogen) atoms. The summed E-state index contributed by atoms with van der Waals surface area (Å²) in [5.74, 6) is 1.01. The third-order valence-corrected chi connectivity index (χ3v) is 1.46. The average molecular weight is 142 g/mol. The minimum atomic E-state index is 0.693.